The van der Waals surface area contributed by atoms with Gasteiger partial charge in [0.15, 0.2) is 5.76 Å². The number of halogens is 1. The second-order valence-electron chi connectivity index (χ2n) is 6.98. The zero-order valence-corrected chi connectivity index (χ0v) is 15.5. The molecule has 3 aromatic rings. The monoisotopic (exact) mass is 368 g/mol. The standard InChI is InChI=1S/C21H21ClN2O2/c1-14-8-9-18-15(11-14)12-16(20(22)23-18)13-24(17-5-2-3-6-17)21(25)19-7-4-10-26-19/h4,7-12,17H,2-3,5-6,13H2,1H3. The van der Waals surface area contributed by atoms with Gasteiger partial charge in [-0.05, 0) is 50.1 Å². The molecule has 1 fully saturated rings. The maximum atomic E-state index is 13.0. The zero-order valence-electron chi connectivity index (χ0n) is 14.7. The van der Waals surface area contributed by atoms with E-state index in [4.69, 9.17) is 16.0 Å². The number of amides is 1. The van der Waals surface area contributed by atoms with E-state index in [1.807, 2.05) is 17.0 Å². The molecule has 0 saturated heterocycles. The van der Waals surface area contributed by atoms with Gasteiger partial charge in [0.25, 0.3) is 5.91 Å². The van der Waals surface area contributed by atoms with Gasteiger partial charge in [-0.1, -0.05) is 36.1 Å². The van der Waals surface area contributed by atoms with Crippen LogP contribution in [0, 0.1) is 6.92 Å². The Balaban J connectivity index is 1.69. The zero-order chi connectivity index (χ0) is 18.1. The third kappa shape index (κ3) is 3.34. The number of nitrogens with zero attached hydrogens (tertiary/aromatic N) is 2. The predicted molar refractivity (Wildman–Crippen MR) is 102 cm³/mol. The van der Waals surface area contributed by atoms with Crippen molar-refractivity contribution in [3.63, 3.8) is 0 Å². The molecule has 1 amide bonds. The van der Waals surface area contributed by atoms with Crippen molar-refractivity contribution in [1.82, 2.24) is 9.88 Å². The third-order valence-electron chi connectivity index (χ3n) is 5.10. The van der Waals surface area contributed by atoms with Crippen molar-refractivity contribution >= 4 is 28.4 Å². The van der Waals surface area contributed by atoms with Crippen molar-refractivity contribution in [2.75, 3.05) is 0 Å². The van der Waals surface area contributed by atoms with Crippen LogP contribution in [0.25, 0.3) is 10.9 Å². The number of fused-ring (bicyclic) bond motifs is 1. The molecule has 1 aromatic carbocycles. The van der Waals surface area contributed by atoms with Crippen LogP contribution in [-0.4, -0.2) is 21.8 Å². The second-order valence-corrected chi connectivity index (χ2v) is 7.34. The summed E-state index contributed by atoms with van der Waals surface area (Å²) >= 11 is 6.45. The van der Waals surface area contributed by atoms with Gasteiger partial charge in [-0.25, -0.2) is 4.98 Å². The van der Waals surface area contributed by atoms with Crippen LogP contribution in [0.2, 0.25) is 5.15 Å². The third-order valence-corrected chi connectivity index (χ3v) is 5.42. The number of aromatic nitrogens is 1. The van der Waals surface area contributed by atoms with Gasteiger partial charge < -0.3 is 9.32 Å². The molecule has 1 aliphatic carbocycles. The minimum absolute atomic E-state index is 0.0812. The van der Waals surface area contributed by atoms with Gasteiger partial charge in [0.05, 0.1) is 11.8 Å². The van der Waals surface area contributed by atoms with Crippen LogP contribution in [-0.2, 0) is 6.54 Å². The summed E-state index contributed by atoms with van der Waals surface area (Å²) < 4.78 is 5.35. The number of hydrogen-bond acceptors (Lipinski definition) is 3. The summed E-state index contributed by atoms with van der Waals surface area (Å²) in [6.07, 6.45) is 5.87. The van der Waals surface area contributed by atoms with Crippen molar-refractivity contribution in [2.24, 2.45) is 0 Å². The molecule has 0 bridgehead atoms. The highest BCUT2D eigenvalue weighted by Gasteiger charge is 2.29. The van der Waals surface area contributed by atoms with E-state index in [1.54, 1.807) is 12.1 Å². The van der Waals surface area contributed by atoms with Gasteiger partial charge in [-0.3, -0.25) is 4.79 Å². The van der Waals surface area contributed by atoms with Crippen LogP contribution in [0.1, 0.15) is 47.4 Å². The van der Waals surface area contributed by atoms with E-state index in [-0.39, 0.29) is 11.9 Å². The van der Waals surface area contributed by atoms with Gasteiger partial charge in [0.1, 0.15) is 5.15 Å². The first-order valence-electron chi connectivity index (χ1n) is 9.02. The average Bonchev–Trinajstić information content (AvgIpc) is 3.33. The number of carbonyl (C=O) groups is 1. The smallest absolute Gasteiger partial charge is 0.290 e. The first-order valence-corrected chi connectivity index (χ1v) is 9.40. The van der Waals surface area contributed by atoms with E-state index in [2.05, 4.69) is 24.0 Å². The van der Waals surface area contributed by atoms with E-state index in [9.17, 15) is 4.79 Å². The molecule has 0 spiro atoms. The summed E-state index contributed by atoms with van der Waals surface area (Å²) in [5.74, 6) is 0.292. The molecule has 26 heavy (non-hydrogen) atoms. The van der Waals surface area contributed by atoms with Gasteiger partial charge in [0, 0.05) is 23.5 Å². The molecule has 134 valence electrons. The highest BCUT2D eigenvalue weighted by Crippen LogP contribution is 2.29. The minimum Gasteiger partial charge on any atom is -0.459 e. The fraction of sp³-hybridized carbons (Fsp3) is 0.333. The first-order chi connectivity index (χ1) is 12.6. The fourth-order valence-corrected chi connectivity index (χ4v) is 3.94. The Bertz CT molecular complexity index is 931. The Labute approximate surface area is 157 Å². The van der Waals surface area contributed by atoms with Crippen molar-refractivity contribution in [1.29, 1.82) is 0 Å². The predicted octanol–water partition coefficient (Wildman–Crippen LogP) is 5.37. The Morgan fingerprint density at radius 2 is 2.08 bits per heavy atom. The Kier molecular flexibility index (Phi) is 4.68. The Morgan fingerprint density at radius 3 is 2.81 bits per heavy atom. The lowest BCUT2D eigenvalue weighted by Gasteiger charge is -2.28. The van der Waals surface area contributed by atoms with Gasteiger partial charge in [-0.2, -0.15) is 0 Å². The summed E-state index contributed by atoms with van der Waals surface area (Å²) in [6.45, 7) is 2.50. The summed E-state index contributed by atoms with van der Waals surface area (Å²) in [7, 11) is 0. The number of aryl methyl sites for hydroxylation is 1. The summed E-state index contributed by atoms with van der Waals surface area (Å²) in [5, 5.41) is 1.50. The summed E-state index contributed by atoms with van der Waals surface area (Å²) in [6, 6.07) is 11.8. The van der Waals surface area contributed by atoms with Crippen LogP contribution in [0.4, 0.5) is 0 Å². The largest absolute Gasteiger partial charge is 0.459 e. The summed E-state index contributed by atoms with van der Waals surface area (Å²) in [4.78, 5) is 19.4. The topological polar surface area (TPSA) is 46.3 Å². The van der Waals surface area contributed by atoms with Gasteiger partial charge in [-0.15, -0.1) is 0 Å². The number of carbonyl (C=O) groups excluding carboxylic acids is 1. The lowest BCUT2D eigenvalue weighted by Crippen LogP contribution is -2.38. The quantitative estimate of drug-likeness (QED) is 0.581. The van der Waals surface area contributed by atoms with Gasteiger partial charge in [0.2, 0.25) is 0 Å². The first kappa shape index (κ1) is 17.1. The van der Waals surface area contributed by atoms with Gasteiger partial charge >= 0.3 is 0 Å². The van der Waals surface area contributed by atoms with E-state index < -0.39 is 0 Å². The molecule has 4 rings (SSSR count). The van der Waals surface area contributed by atoms with Crippen molar-refractivity contribution < 1.29 is 9.21 Å². The maximum absolute atomic E-state index is 13.0. The molecule has 0 unspecified atom stereocenters. The number of pyridine rings is 1. The highest BCUT2D eigenvalue weighted by molar-refractivity contribution is 6.30. The lowest BCUT2D eigenvalue weighted by atomic mass is 10.1. The molecular formula is C21H21ClN2O2. The summed E-state index contributed by atoms with van der Waals surface area (Å²) in [5.41, 5.74) is 2.91. The molecule has 4 nitrogen and oxygen atoms in total. The number of rotatable bonds is 4. The Morgan fingerprint density at radius 1 is 1.27 bits per heavy atom. The molecular weight excluding hydrogens is 348 g/mol. The number of benzene rings is 1. The molecule has 0 aliphatic heterocycles. The molecule has 5 heteroatoms. The molecule has 2 aromatic heterocycles. The average molecular weight is 369 g/mol. The number of hydrogen-bond donors (Lipinski definition) is 0. The second kappa shape index (κ2) is 7.12. The van der Waals surface area contributed by atoms with Crippen LogP contribution >= 0.6 is 11.6 Å². The van der Waals surface area contributed by atoms with E-state index in [0.717, 1.165) is 42.1 Å². The Hall–Kier alpha value is -2.33. The lowest BCUT2D eigenvalue weighted by molar-refractivity contribution is 0.0631. The maximum Gasteiger partial charge on any atom is 0.290 e. The van der Waals surface area contributed by atoms with Crippen molar-refractivity contribution in [3.8, 4) is 0 Å². The SMILES string of the molecule is Cc1ccc2nc(Cl)c(CN(C(=O)c3ccco3)C3CCCC3)cc2c1. The molecule has 0 N–H and O–H groups in total. The van der Waals surface area contributed by atoms with Crippen LogP contribution < -0.4 is 0 Å². The molecule has 0 atom stereocenters. The van der Waals surface area contributed by atoms with Crippen LogP contribution in [0.5, 0.6) is 0 Å². The van der Waals surface area contributed by atoms with Crippen molar-refractivity contribution in [2.45, 2.75) is 45.2 Å². The van der Waals surface area contributed by atoms with Crippen molar-refractivity contribution in [3.05, 3.63) is 64.7 Å². The molecule has 0 radical (unpaired) electrons. The molecule has 1 aliphatic rings. The molecule has 1 saturated carbocycles. The van der Waals surface area contributed by atoms with E-state index in [1.165, 1.54) is 11.8 Å². The van der Waals surface area contributed by atoms with Crippen LogP contribution in [0.3, 0.4) is 0 Å². The highest BCUT2D eigenvalue weighted by atomic mass is 35.5. The normalized spacial score (nSPS) is 14.8. The molecule has 2 heterocycles. The number of furan rings is 1. The van der Waals surface area contributed by atoms with E-state index >= 15 is 0 Å². The van der Waals surface area contributed by atoms with Crippen LogP contribution in [0.15, 0.2) is 47.1 Å². The van der Waals surface area contributed by atoms with E-state index in [0.29, 0.717) is 17.5 Å². The minimum atomic E-state index is -0.0812. The fourth-order valence-electron chi connectivity index (χ4n) is 3.74.